The number of piperazine rings is 1. The van der Waals surface area contributed by atoms with Gasteiger partial charge in [0.05, 0.1) is 26.9 Å². The highest BCUT2D eigenvalue weighted by Crippen LogP contribution is 2.33. The summed E-state index contributed by atoms with van der Waals surface area (Å²) in [5.41, 5.74) is -0.199. The van der Waals surface area contributed by atoms with Crippen LogP contribution in [0.4, 0.5) is 13.2 Å². The van der Waals surface area contributed by atoms with Crippen LogP contribution < -0.4 is 0 Å². The number of aromatic nitrogens is 1. The summed E-state index contributed by atoms with van der Waals surface area (Å²) in [6, 6.07) is 8.08. The van der Waals surface area contributed by atoms with Gasteiger partial charge >= 0.3 is 6.18 Å². The van der Waals surface area contributed by atoms with Gasteiger partial charge in [-0.25, -0.2) is 4.98 Å². The third-order valence-corrected chi connectivity index (χ3v) is 7.32. The Labute approximate surface area is 195 Å². The Hall–Kier alpha value is -2.43. The van der Waals surface area contributed by atoms with E-state index >= 15 is 0 Å². The lowest BCUT2D eigenvalue weighted by Crippen LogP contribution is -2.51. The Kier molecular flexibility index (Phi) is 6.55. The van der Waals surface area contributed by atoms with Crippen molar-refractivity contribution in [2.24, 2.45) is 0 Å². The van der Waals surface area contributed by atoms with Crippen LogP contribution in [0, 0.1) is 0 Å². The second-order valence-corrected chi connectivity index (χ2v) is 9.75. The lowest BCUT2D eigenvalue weighted by atomic mass is 10.1. The fourth-order valence-electron chi connectivity index (χ4n) is 3.37. The minimum Gasteiger partial charge on any atom is -0.339 e. The number of benzene rings is 1. The first kappa shape index (κ1) is 22.8. The minimum absolute atomic E-state index is 0.0108. The number of thiazole rings is 1. The maximum absolute atomic E-state index is 12.9. The number of carbonyl (C=O) groups is 2. The van der Waals surface area contributed by atoms with Gasteiger partial charge in [0.2, 0.25) is 5.91 Å². The molecule has 0 atom stereocenters. The topological polar surface area (TPSA) is 53.5 Å². The van der Waals surface area contributed by atoms with Crippen LogP contribution in [0.25, 0.3) is 9.88 Å². The number of thiophene rings is 1. The first-order valence-corrected chi connectivity index (χ1v) is 11.7. The molecule has 1 saturated heterocycles. The van der Waals surface area contributed by atoms with E-state index in [-0.39, 0.29) is 31.0 Å². The van der Waals surface area contributed by atoms with Gasteiger partial charge in [-0.1, -0.05) is 17.7 Å². The molecule has 4 rings (SSSR count). The lowest BCUT2D eigenvalue weighted by Gasteiger charge is -2.34. The number of halogens is 4. The van der Waals surface area contributed by atoms with E-state index in [0.29, 0.717) is 23.1 Å². The van der Waals surface area contributed by atoms with Gasteiger partial charge in [-0.05, 0) is 30.3 Å². The SMILES string of the molecule is O=C(Cc1csc(-c2ccc(Cl)s2)n1)N1CCN(C(=O)c2cccc(C(F)(F)F)c2)CC1. The van der Waals surface area contributed by atoms with Crippen LogP contribution in [0.15, 0.2) is 41.8 Å². The Bertz CT molecular complexity index is 1140. The quantitative estimate of drug-likeness (QED) is 0.503. The molecule has 32 heavy (non-hydrogen) atoms. The summed E-state index contributed by atoms with van der Waals surface area (Å²) in [5, 5.41) is 2.65. The number of nitrogens with zero attached hydrogens (tertiary/aromatic N) is 3. The molecule has 0 unspecified atom stereocenters. The lowest BCUT2D eigenvalue weighted by molar-refractivity contribution is -0.137. The molecule has 2 amide bonds. The highest BCUT2D eigenvalue weighted by atomic mass is 35.5. The molecule has 2 aromatic heterocycles. The van der Waals surface area contributed by atoms with E-state index in [2.05, 4.69) is 4.98 Å². The molecule has 0 saturated carbocycles. The number of rotatable bonds is 4. The molecule has 5 nitrogen and oxygen atoms in total. The molecule has 0 spiro atoms. The number of hydrogen-bond donors (Lipinski definition) is 0. The van der Waals surface area contributed by atoms with Gasteiger partial charge in [-0.3, -0.25) is 9.59 Å². The molecular formula is C21H17ClF3N3O2S2. The van der Waals surface area contributed by atoms with E-state index in [1.165, 1.54) is 39.7 Å². The summed E-state index contributed by atoms with van der Waals surface area (Å²) in [7, 11) is 0. The highest BCUT2D eigenvalue weighted by Gasteiger charge is 2.32. The first-order chi connectivity index (χ1) is 15.2. The highest BCUT2D eigenvalue weighted by molar-refractivity contribution is 7.23. The maximum atomic E-state index is 12.9. The maximum Gasteiger partial charge on any atom is 0.416 e. The molecule has 0 radical (unpaired) electrons. The molecule has 168 valence electrons. The van der Waals surface area contributed by atoms with E-state index in [0.717, 1.165) is 22.0 Å². The normalized spacial score (nSPS) is 14.6. The summed E-state index contributed by atoms with van der Waals surface area (Å²) >= 11 is 8.83. The zero-order valence-corrected chi connectivity index (χ0v) is 19.0. The third kappa shape index (κ3) is 5.13. The third-order valence-electron chi connectivity index (χ3n) is 5.02. The molecule has 0 N–H and O–H groups in total. The van der Waals surface area contributed by atoms with Crippen LogP contribution in [0.3, 0.4) is 0 Å². The zero-order chi connectivity index (χ0) is 22.9. The van der Waals surface area contributed by atoms with Crippen molar-refractivity contribution in [3.8, 4) is 9.88 Å². The Morgan fingerprint density at radius 2 is 1.78 bits per heavy atom. The fourth-order valence-corrected chi connectivity index (χ4v) is 5.30. The van der Waals surface area contributed by atoms with Crippen molar-refractivity contribution in [1.82, 2.24) is 14.8 Å². The van der Waals surface area contributed by atoms with E-state index in [1.807, 2.05) is 11.4 Å². The van der Waals surface area contributed by atoms with Gasteiger partial charge in [0, 0.05) is 37.1 Å². The van der Waals surface area contributed by atoms with Crippen molar-refractivity contribution < 1.29 is 22.8 Å². The van der Waals surface area contributed by atoms with Crippen molar-refractivity contribution >= 4 is 46.1 Å². The Morgan fingerprint density at radius 1 is 1.06 bits per heavy atom. The van der Waals surface area contributed by atoms with Gasteiger partial charge in [-0.15, -0.1) is 22.7 Å². The second kappa shape index (κ2) is 9.21. The van der Waals surface area contributed by atoms with Crippen molar-refractivity contribution in [2.75, 3.05) is 26.2 Å². The molecule has 3 heterocycles. The predicted octanol–water partition coefficient (Wildman–Crippen LogP) is 5.07. The molecule has 11 heteroatoms. The number of hydrogen-bond acceptors (Lipinski definition) is 5. The number of alkyl halides is 3. The Balaban J connectivity index is 1.33. The summed E-state index contributed by atoms with van der Waals surface area (Å²) in [6.07, 6.45) is -4.36. The summed E-state index contributed by atoms with van der Waals surface area (Å²) in [4.78, 5) is 33.9. The van der Waals surface area contributed by atoms with Gasteiger partial charge in [0.15, 0.2) is 0 Å². The van der Waals surface area contributed by atoms with Crippen LogP contribution in [-0.2, 0) is 17.4 Å². The summed E-state index contributed by atoms with van der Waals surface area (Å²) in [6.45, 7) is 1.16. The van der Waals surface area contributed by atoms with E-state index < -0.39 is 17.6 Å². The second-order valence-electron chi connectivity index (χ2n) is 7.18. The average Bonchev–Trinajstić information content (AvgIpc) is 3.41. The molecule has 3 aromatic rings. The van der Waals surface area contributed by atoms with E-state index in [9.17, 15) is 22.8 Å². The largest absolute Gasteiger partial charge is 0.416 e. The van der Waals surface area contributed by atoms with Gasteiger partial charge < -0.3 is 9.80 Å². The Morgan fingerprint density at radius 3 is 2.44 bits per heavy atom. The fraction of sp³-hybridized carbons (Fsp3) is 0.286. The zero-order valence-electron chi connectivity index (χ0n) is 16.6. The van der Waals surface area contributed by atoms with Crippen LogP contribution in [0.1, 0.15) is 21.6 Å². The van der Waals surface area contributed by atoms with Gasteiger partial charge in [-0.2, -0.15) is 13.2 Å². The monoisotopic (exact) mass is 499 g/mol. The number of carbonyl (C=O) groups excluding carboxylic acids is 2. The molecular weight excluding hydrogens is 483 g/mol. The van der Waals surface area contributed by atoms with Gasteiger partial charge in [0.1, 0.15) is 5.01 Å². The van der Waals surface area contributed by atoms with Crippen LogP contribution in [-0.4, -0.2) is 52.8 Å². The van der Waals surface area contributed by atoms with Crippen LogP contribution in [0.2, 0.25) is 4.34 Å². The first-order valence-electron chi connectivity index (χ1n) is 9.65. The smallest absolute Gasteiger partial charge is 0.339 e. The standard InChI is InChI=1S/C21H17ClF3N3O2S2/c22-17-5-4-16(32-17)19-26-15(12-31-19)11-18(29)27-6-8-28(9-7-27)20(30)13-2-1-3-14(10-13)21(23,24)25/h1-5,10,12H,6-9,11H2. The molecule has 0 aliphatic carbocycles. The molecule has 1 fully saturated rings. The van der Waals surface area contributed by atoms with Crippen molar-refractivity contribution in [2.45, 2.75) is 12.6 Å². The van der Waals surface area contributed by atoms with Crippen LogP contribution >= 0.6 is 34.3 Å². The van der Waals surface area contributed by atoms with Crippen molar-refractivity contribution in [3.63, 3.8) is 0 Å². The predicted molar refractivity (Wildman–Crippen MR) is 118 cm³/mol. The van der Waals surface area contributed by atoms with E-state index in [4.69, 9.17) is 11.6 Å². The van der Waals surface area contributed by atoms with Crippen molar-refractivity contribution in [1.29, 1.82) is 0 Å². The van der Waals surface area contributed by atoms with Gasteiger partial charge in [0.25, 0.3) is 5.91 Å². The molecule has 1 aromatic carbocycles. The molecule has 1 aliphatic heterocycles. The average molecular weight is 500 g/mol. The van der Waals surface area contributed by atoms with Crippen LogP contribution in [0.5, 0.6) is 0 Å². The van der Waals surface area contributed by atoms with Crippen molar-refractivity contribution in [3.05, 3.63) is 62.9 Å². The molecule has 1 aliphatic rings. The minimum atomic E-state index is -4.51. The molecule has 0 bridgehead atoms. The summed E-state index contributed by atoms with van der Waals surface area (Å²) in [5.74, 6) is -0.570. The van der Waals surface area contributed by atoms with E-state index in [1.54, 1.807) is 11.0 Å². The number of amides is 2. The summed E-state index contributed by atoms with van der Waals surface area (Å²) < 4.78 is 39.4.